The van der Waals surface area contributed by atoms with Gasteiger partial charge < -0.3 is 9.64 Å². The minimum atomic E-state index is -0.0571. The minimum absolute atomic E-state index is 0.0571. The number of benzene rings is 1. The SMILES string of the molecule is CCOC1=CCN(C2=IC=C(C)C=C2)C(C)=C1Cc1ccccc1. The molecule has 0 unspecified atom stereocenters. The highest BCUT2D eigenvalue weighted by Gasteiger charge is 2.22. The van der Waals surface area contributed by atoms with Crippen LogP contribution in [0.25, 0.3) is 0 Å². The van der Waals surface area contributed by atoms with Gasteiger partial charge in [0.15, 0.2) is 0 Å². The maximum atomic E-state index is 5.94. The Morgan fingerprint density at radius 3 is 2.58 bits per heavy atom. The number of halogens is 1. The maximum absolute atomic E-state index is 5.94. The van der Waals surface area contributed by atoms with E-state index in [1.54, 1.807) is 0 Å². The first-order valence-corrected chi connectivity index (χ1v) is 10.7. The average Bonchev–Trinajstić information content (AvgIpc) is 2.60. The van der Waals surface area contributed by atoms with Crippen molar-refractivity contribution in [3.05, 3.63) is 80.8 Å². The van der Waals surface area contributed by atoms with Crippen molar-refractivity contribution in [1.82, 2.24) is 4.90 Å². The Morgan fingerprint density at radius 1 is 1.12 bits per heavy atom. The van der Waals surface area contributed by atoms with Crippen LogP contribution in [0.2, 0.25) is 0 Å². The van der Waals surface area contributed by atoms with Crippen molar-refractivity contribution in [2.75, 3.05) is 13.2 Å². The van der Waals surface area contributed by atoms with Crippen LogP contribution in [0.15, 0.2) is 75.2 Å². The maximum Gasteiger partial charge on any atom is 0.122 e. The van der Waals surface area contributed by atoms with Crippen LogP contribution in [-0.2, 0) is 11.2 Å². The van der Waals surface area contributed by atoms with Crippen LogP contribution < -0.4 is 0 Å². The van der Waals surface area contributed by atoms with Gasteiger partial charge in [-0.1, -0.05) is 57.1 Å². The van der Waals surface area contributed by atoms with Gasteiger partial charge in [0.2, 0.25) is 0 Å². The lowest BCUT2D eigenvalue weighted by atomic mass is 9.98. The summed E-state index contributed by atoms with van der Waals surface area (Å²) in [6.07, 6.45) is 7.68. The summed E-state index contributed by atoms with van der Waals surface area (Å²) in [6, 6.07) is 10.7. The van der Waals surface area contributed by atoms with Gasteiger partial charge in [-0.2, -0.15) is 0 Å². The molecule has 1 aromatic carbocycles. The number of ether oxygens (including phenoxy) is 1. The summed E-state index contributed by atoms with van der Waals surface area (Å²) < 4.78 is 9.81. The number of nitrogens with zero attached hydrogens (tertiary/aromatic N) is 1. The molecule has 0 spiro atoms. The minimum Gasteiger partial charge on any atom is -0.494 e. The molecule has 126 valence electrons. The predicted octanol–water partition coefficient (Wildman–Crippen LogP) is 5.31. The number of rotatable bonds is 5. The second-order valence-corrected chi connectivity index (χ2v) is 8.31. The molecule has 2 heterocycles. The van der Waals surface area contributed by atoms with Crippen LogP contribution in [0.3, 0.4) is 0 Å². The van der Waals surface area contributed by atoms with Gasteiger partial charge in [0.05, 0.1) is 10.2 Å². The summed E-state index contributed by atoms with van der Waals surface area (Å²) in [5.74, 6) is 1.06. The molecule has 1 aromatic rings. The Labute approximate surface area is 155 Å². The van der Waals surface area contributed by atoms with Crippen LogP contribution >= 0.6 is 20.7 Å². The molecule has 0 amide bonds. The lowest BCUT2D eigenvalue weighted by Crippen LogP contribution is -2.32. The van der Waals surface area contributed by atoms with Crippen molar-refractivity contribution in [2.45, 2.75) is 27.2 Å². The van der Waals surface area contributed by atoms with Gasteiger partial charge >= 0.3 is 0 Å². The van der Waals surface area contributed by atoms with Gasteiger partial charge in [-0.3, -0.25) is 0 Å². The molecule has 0 bridgehead atoms. The molecular formula is C21H24INO. The Kier molecular flexibility index (Phi) is 5.72. The quantitative estimate of drug-likeness (QED) is 0.584. The molecule has 0 atom stereocenters. The normalized spacial score (nSPS) is 17.8. The molecule has 0 N–H and O–H groups in total. The molecule has 0 radical (unpaired) electrons. The van der Waals surface area contributed by atoms with Crippen molar-refractivity contribution < 1.29 is 4.74 Å². The summed E-state index contributed by atoms with van der Waals surface area (Å²) in [7, 11) is 0. The number of hydrogen-bond acceptors (Lipinski definition) is 2. The third kappa shape index (κ3) is 3.89. The molecule has 2 nitrogen and oxygen atoms in total. The first-order valence-electron chi connectivity index (χ1n) is 8.38. The Morgan fingerprint density at radius 2 is 1.92 bits per heavy atom. The molecule has 3 heteroatoms. The molecule has 24 heavy (non-hydrogen) atoms. The molecule has 2 aliphatic rings. The molecule has 0 aromatic heterocycles. The fourth-order valence-corrected chi connectivity index (χ4v) is 5.20. The van der Waals surface area contributed by atoms with E-state index in [2.05, 4.69) is 78.3 Å². The lowest BCUT2D eigenvalue weighted by molar-refractivity contribution is 0.230. The van der Waals surface area contributed by atoms with Gasteiger partial charge in [0.25, 0.3) is 0 Å². The zero-order chi connectivity index (χ0) is 16.9. The van der Waals surface area contributed by atoms with Crippen LogP contribution in [0.1, 0.15) is 26.3 Å². The Balaban J connectivity index is 1.93. The standard InChI is InChI=1S/C21H24INO/c1-4-24-20-12-13-23(21-11-10-16(2)15-22-21)17(3)19(20)14-18-8-6-5-7-9-18/h5-12,15H,4,13-14H2,1-3H3. The fourth-order valence-electron chi connectivity index (χ4n) is 2.90. The van der Waals surface area contributed by atoms with Crippen LogP contribution in [0.4, 0.5) is 0 Å². The van der Waals surface area contributed by atoms with E-state index in [-0.39, 0.29) is 20.7 Å². The molecule has 0 aliphatic carbocycles. The van der Waals surface area contributed by atoms with Crippen molar-refractivity contribution in [2.24, 2.45) is 0 Å². The zero-order valence-corrected chi connectivity index (χ0v) is 16.7. The fraction of sp³-hybridized carbons (Fsp3) is 0.286. The third-order valence-corrected chi connectivity index (χ3v) is 7.08. The van der Waals surface area contributed by atoms with E-state index in [4.69, 9.17) is 4.74 Å². The average molecular weight is 433 g/mol. The van der Waals surface area contributed by atoms with E-state index in [0.29, 0.717) is 6.61 Å². The van der Waals surface area contributed by atoms with Crippen molar-refractivity contribution in [3.63, 3.8) is 0 Å². The third-order valence-electron chi connectivity index (χ3n) is 4.20. The Bertz CT molecular complexity index is 753. The van der Waals surface area contributed by atoms with Gasteiger partial charge in [-0.05, 0) is 48.1 Å². The van der Waals surface area contributed by atoms with E-state index >= 15 is 0 Å². The van der Waals surface area contributed by atoms with Crippen molar-refractivity contribution >= 4 is 24.4 Å². The first kappa shape index (κ1) is 17.2. The first-order chi connectivity index (χ1) is 11.7. The number of hydrogen-bond donors (Lipinski definition) is 0. The van der Waals surface area contributed by atoms with Gasteiger partial charge in [-0.15, -0.1) is 0 Å². The zero-order valence-electron chi connectivity index (χ0n) is 14.6. The van der Waals surface area contributed by atoms with E-state index in [9.17, 15) is 0 Å². The van der Waals surface area contributed by atoms with E-state index < -0.39 is 0 Å². The highest BCUT2D eigenvalue weighted by molar-refractivity contribution is 14.2. The second kappa shape index (κ2) is 7.97. The summed E-state index contributed by atoms with van der Waals surface area (Å²) in [5.41, 5.74) is 5.36. The summed E-state index contributed by atoms with van der Waals surface area (Å²) in [6.45, 7) is 8.09. The molecule has 0 saturated carbocycles. The smallest absolute Gasteiger partial charge is 0.122 e. The van der Waals surface area contributed by atoms with E-state index in [0.717, 1.165) is 18.7 Å². The monoisotopic (exact) mass is 433 g/mol. The van der Waals surface area contributed by atoms with Crippen molar-refractivity contribution in [3.8, 4) is 0 Å². The van der Waals surface area contributed by atoms with Gasteiger partial charge in [-0.25, -0.2) is 0 Å². The van der Waals surface area contributed by atoms with Crippen LogP contribution in [0, 0.1) is 0 Å². The second-order valence-electron chi connectivity index (χ2n) is 5.96. The predicted molar refractivity (Wildman–Crippen MR) is 111 cm³/mol. The number of allylic oxidation sites excluding steroid dienone is 4. The highest BCUT2D eigenvalue weighted by atomic mass is 127. The van der Waals surface area contributed by atoms with Crippen LogP contribution in [0.5, 0.6) is 0 Å². The summed E-state index contributed by atoms with van der Waals surface area (Å²) in [5, 5.41) is 0. The molecular weight excluding hydrogens is 409 g/mol. The molecule has 2 aliphatic heterocycles. The van der Waals surface area contributed by atoms with Crippen molar-refractivity contribution in [1.29, 1.82) is 0 Å². The molecule has 0 saturated heterocycles. The molecule has 0 fully saturated rings. The van der Waals surface area contributed by atoms with Gasteiger partial charge in [0.1, 0.15) is 5.76 Å². The van der Waals surface area contributed by atoms with Gasteiger partial charge in [0, 0.05) is 24.2 Å². The van der Waals surface area contributed by atoms with Crippen LogP contribution in [-0.4, -0.2) is 21.7 Å². The topological polar surface area (TPSA) is 12.5 Å². The Hall–Kier alpha value is -1.62. The summed E-state index contributed by atoms with van der Waals surface area (Å²) in [4.78, 5) is 2.47. The summed E-state index contributed by atoms with van der Waals surface area (Å²) >= 11 is -0.0571. The largest absolute Gasteiger partial charge is 0.494 e. The molecule has 3 rings (SSSR count). The van der Waals surface area contributed by atoms with E-state index in [1.165, 1.54) is 26.0 Å². The van der Waals surface area contributed by atoms with E-state index in [1.807, 2.05) is 0 Å². The highest BCUT2D eigenvalue weighted by Crippen LogP contribution is 2.30. The lowest BCUT2D eigenvalue weighted by Gasteiger charge is -2.32.